The van der Waals surface area contributed by atoms with Gasteiger partial charge in [0.2, 0.25) is 0 Å². The molecule has 0 aliphatic carbocycles. The molecule has 0 aromatic carbocycles. The second kappa shape index (κ2) is 4.20. The molecule has 0 saturated carbocycles. The van der Waals surface area contributed by atoms with Crippen LogP contribution in [0, 0.1) is 11.6 Å². The first-order chi connectivity index (χ1) is 7.18. The van der Waals surface area contributed by atoms with Crippen LogP contribution in [0.25, 0.3) is 11.5 Å². The third-order valence-electron chi connectivity index (χ3n) is 1.99. The van der Waals surface area contributed by atoms with Crippen LogP contribution in [0.3, 0.4) is 0 Å². The molecule has 0 atom stereocenters. The Bertz CT molecular complexity index is 550. The van der Waals surface area contributed by atoms with Gasteiger partial charge >= 0.3 is 0 Å². The third kappa shape index (κ3) is 2.13. The molecule has 0 aliphatic rings. The summed E-state index contributed by atoms with van der Waals surface area (Å²) in [6.45, 7) is 1.99. The lowest BCUT2D eigenvalue weighted by Gasteiger charge is -2.03. The standard InChI is InChI=1S/C10H8BrN3S/c1-6-3-2-4-12-8(6)9-13-5-7(11)10(15)14-9/h2-5H,1H3,(H,13,14,15). The topological polar surface area (TPSA) is 41.6 Å². The highest BCUT2D eigenvalue weighted by Gasteiger charge is 2.04. The van der Waals surface area contributed by atoms with Crippen molar-refractivity contribution in [3.63, 3.8) is 0 Å². The molecule has 0 fully saturated rings. The van der Waals surface area contributed by atoms with Gasteiger partial charge in [0.15, 0.2) is 5.82 Å². The zero-order valence-corrected chi connectivity index (χ0v) is 10.4. The largest absolute Gasteiger partial charge is 0.329 e. The van der Waals surface area contributed by atoms with Gasteiger partial charge in [0.1, 0.15) is 10.3 Å². The molecule has 15 heavy (non-hydrogen) atoms. The van der Waals surface area contributed by atoms with Crippen molar-refractivity contribution in [3.05, 3.63) is 39.2 Å². The van der Waals surface area contributed by atoms with Crippen molar-refractivity contribution in [2.45, 2.75) is 6.92 Å². The van der Waals surface area contributed by atoms with Gasteiger partial charge in [-0.15, -0.1) is 0 Å². The molecular weight excluding hydrogens is 274 g/mol. The molecule has 2 aromatic rings. The zero-order chi connectivity index (χ0) is 10.8. The van der Waals surface area contributed by atoms with E-state index in [1.807, 2.05) is 19.1 Å². The number of nitrogens with one attached hydrogen (secondary N) is 1. The van der Waals surface area contributed by atoms with Gasteiger partial charge in [-0.1, -0.05) is 18.3 Å². The first kappa shape index (κ1) is 10.4. The van der Waals surface area contributed by atoms with E-state index in [-0.39, 0.29) is 0 Å². The van der Waals surface area contributed by atoms with Crippen molar-refractivity contribution < 1.29 is 0 Å². The van der Waals surface area contributed by atoms with Crippen LogP contribution in [-0.4, -0.2) is 15.0 Å². The summed E-state index contributed by atoms with van der Waals surface area (Å²) in [6.07, 6.45) is 3.42. The summed E-state index contributed by atoms with van der Waals surface area (Å²) < 4.78 is 1.42. The molecule has 5 heteroatoms. The molecule has 0 aliphatic heterocycles. The molecule has 3 nitrogen and oxygen atoms in total. The number of nitrogens with zero attached hydrogens (tertiary/aromatic N) is 2. The maximum atomic E-state index is 5.11. The van der Waals surface area contributed by atoms with Crippen molar-refractivity contribution in [1.29, 1.82) is 0 Å². The minimum Gasteiger partial charge on any atom is -0.329 e. The normalized spacial score (nSPS) is 10.3. The number of H-pyrrole nitrogens is 1. The fourth-order valence-electron chi connectivity index (χ4n) is 1.23. The van der Waals surface area contributed by atoms with Crippen LogP contribution in [0.15, 0.2) is 29.0 Å². The Morgan fingerprint density at radius 3 is 2.87 bits per heavy atom. The number of halogens is 1. The van der Waals surface area contributed by atoms with Gasteiger partial charge in [-0.2, -0.15) is 0 Å². The molecule has 76 valence electrons. The Kier molecular flexibility index (Phi) is 2.93. The van der Waals surface area contributed by atoms with E-state index in [0.717, 1.165) is 15.7 Å². The van der Waals surface area contributed by atoms with Crippen LogP contribution in [0.5, 0.6) is 0 Å². The lowest BCUT2D eigenvalue weighted by molar-refractivity contribution is 1.10. The fraction of sp³-hybridized carbons (Fsp3) is 0.100. The van der Waals surface area contributed by atoms with Gasteiger partial charge in [0.05, 0.1) is 4.47 Å². The number of hydrogen-bond acceptors (Lipinski definition) is 3. The Hall–Kier alpha value is -1.07. The molecule has 1 N–H and O–H groups in total. The first-order valence-corrected chi connectivity index (χ1v) is 5.55. The van der Waals surface area contributed by atoms with Crippen LogP contribution in [0.4, 0.5) is 0 Å². The number of aryl methyl sites for hydroxylation is 1. The average Bonchev–Trinajstić information content (AvgIpc) is 2.23. The predicted octanol–water partition coefficient (Wildman–Crippen LogP) is 3.27. The monoisotopic (exact) mass is 281 g/mol. The molecule has 2 heterocycles. The highest BCUT2D eigenvalue weighted by atomic mass is 79.9. The Balaban J connectivity index is 2.60. The summed E-state index contributed by atoms with van der Waals surface area (Å²) in [5.41, 5.74) is 1.90. The van der Waals surface area contributed by atoms with Crippen molar-refractivity contribution in [3.8, 4) is 11.5 Å². The summed E-state index contributed by atoms with van der Waals surface area (Å²) in [7, 11) is 0. The number of rotatable bonds is 1. The highest BCUT2D eigenvalue weighted by molar-refractivity contribution is 9.10. The Labute approximate surface area is 101 Å². The quantitative estimate of drug-likeness (QED) is 0.816. The number of aromatic amines is 1. The van der Waals surface area contributed by atoms with Gasteiger partial charge in [0.25, 0.3) is 0 Å². The van der Waals surface area contributed by atoms with Gasteiger partial charge in [-0.05, 0) is 34.5 Å². The van der Waals surface area contributed by atoms with E-state index in [2.05, 4.69) is 30.9 Å². The van der Waals surface area contributed by atoms with E-state index in [4.69, 9.17) is 12.2 Å². The first-order valence-electron chi connectivity index (χ1n) is 4.35. The van der Waals surface area contributed by atoms with E-state index < -0.39 is 0 Å². The average molecular weight is 282 g/mol. The second-order valence-electron chi connectivity index (χ2n) is 3.08. The summed E-state index contributed by atoms with van der Waals surface area (Å²) in [5.74, 6) is 0.696. The molecule has 0 amide bonds. The lowest BCUT2D eigenvalue weighted by atomic mass is 10.2. The maximum absolute atomic E-state index is 5.11. The summed E-state index contributed by atoms with van der Waals surface area (Å²) >= 11 is 8.42. The molecule has 0 radical (unpaired) electrons. The van der Waals surface area contributed by atoms with Crippen LogP contribution in [0.2, 0.25) is 0 Å². The minimum absolute atomic E-state index is 0.630. The summed E-state index contributed by atoms with van der Waals surface area (Å²) in [4.78, 5) is 11.5. The third-order valence-corrected chi connectivity index (χ3v) is 3.18. The van der Waals surface area contributed by atoms with E-state index in [1.165, 1.54) is 0 Å². The van der Waals surface area contributed by atoms with Crippen molar-refractivity contribution >= 4 is 28.1 Å². The van der Waals surface area contributed by atoms with E-state index in [9.17, 15) is 0 Å². The molecule has 0 bridgehead atoms. The van der Waals surface area contributed by atoms with Crippen molar-refractivity contribution in [2.75, 3.05) is 0 Å². The van der Waals surface area contributed by atoms with Gasteiger partial charge in [-0.25, -0.2) is 4.98 Å². The number of aromatic nitrogens is 3. The van der Waals surface area contributed by atoms with Crippen molar-refractivity contribution in [2.24, 2.45) is 0 Å². The van der Waals surface area contributed by atoms with Gasteiger partial charge < -0.3 is 4.98 Å². The van der Waals surface area contributed by atoms with E-state index in [0.29, 0.717) is 10.5 Å². The maximum Gasteiger partial charge on any atom is 0.157 e. The van der Waals surface area contributed by atoms with E-state index in [1.54, 1.807) is 12.4 Å². The molecular formula is C10H8BrN3S. The van der Waals surface area contributed by atoms with Gasteiger partial charge in [0, 0.05) is 12.4 Å². The van der Waals surface area contributed by atoms with Crippen LogP contribution < -0.4 is 0 Å². The van der Waals surface area contributed by atoms with Crippen LogP contribution >= 0.6 is 28.1 Å². The van der Waals surface area contributed by atoms with E-state index >= 15 is 0 Å². The van der Waals surface area contributed by atoms with Crippen LogP contribution in [0.1, 0.15) is 5.56 Å². The Morgan fingerprint density at radius 1 is 1.40 bits per heavy atom. The SMILES string of the molecule is Cc1cccnc1-c1ncc(Br)c(=S)[nH]1. The predicted molar refractivity (Wildman–Crippen MR) is 65.1 cm³/mol. The fourth-order valence-corrected chi connectivity index (χ4v) is 1.58. The second-order valence-corrected chi connectivity index (χ2v) is 4.34. The molecule has 0 saturated heterocycles. The zero-order valence-electron chi connectivity index (χ0n) is 7.99. The Morgan fingerprint density at radius 2 is 2.20 bits per heavy atom. The molecule has 2 aromatic heterocycles. The molecule has 0 unspecified atom stereocenters. The van der Waals surface area contributed by atoms with Crippen LogP contribution in [-0.2, 0) is 0 Å². The number of hydrogen-bond donors (Lipinski definition) is 1. The highest BCUT2D eigenvalue weighted by Crippen LogP contribution is 2.17. The molecule has 2 rings (SSSR count). The number of pyridine rings is 1. The molecule has 0 spiro atoms. The van der Waals surface area contributed by atoms with Gasteiger partial charge in [-0.3, -0.25) is 4.98 Å². The lowest BCUT2D eigenvalue weighted by Crippen LogP contribution is -1.94. The summed E-state index contributed by atoms with van der Waals surface area (Å²) in [6, 6.07) is 3.88. The smallest absolute Gasteiger partial charge is 0.157 e. The summed E-state index contributed by atoms with van der Waals surface area (Å²) in [5, 5.41) is 0. The minimum atomic E-state index is 0.630. The van der Waals surface area contributed by atoms with Crippen molar-refractivity contribution in [1.82, 2.24) is 15.0 Å².